The van der Waals surface area contributed by atoms with Crippen LogP contribution in [-0.2, 0) is 11.1 Å². The summed E-state index contributed by atoms with van der Waals surface area (Å²) in [4.78, 5) is 0. The van der Waals surface area contributed by atoms with E-state index in [0.717, 1.165) is 26.1 Å². The van der Waals surface area contributed by atoms with Crippen molar-refractivity contribution in [1.82, 2.24) is 10.6 Å². The zero-order chi connectivity index (χ0) is 8.81. The molecular weight excluding hydrogens is 176 g/mol. The summed E-state index contributed by atoms with van der Waals surface area (Å²) in [6.07, 6.45) is 1.95. The van der Waals surface area contributed by atoms with Crippen LogP contribution in [0.5, 0.6) is 0 Å². The molecule has 1 aliphatic rings. The summed E-state index contributed by atoms with van der Waals surface area (Å²) in [5, 5.41) is 6.58. The second-order valence-corrected chi connectivity index (χ2v) is 4.07. The van der Waals surface area contributed by atoms with Crippen molar-refractivity contribution in [1.29, 1.82) is 0 Å². The highest BCUT2D eigenvalue weighted by Crippen LogP contribution is 1.96. The van der Waals surface area contributed by atoms with E-state index in [1.165, 1.54) is 6.42 Å². The van der Waals surface area contributed by atoms with Crippen molar-refractivity contribution in [3.05, 3.63) is 0 Å². The minimum Gasteiger partial charge on any atom is -0.315 e. The van der Waals surface area contributed by atoms with Crippen LogP contribution in [0.15, 0.2) is 0 Å². The van der Waals surface area contributed by atoms with Gasteiger partial charge in [0.05, 0.1) is 5.75 Å². The van der Waals surface area contributed by atoms with Gasteiger partial charge in [-0.25, -0.2) is 4.21 Å². The van der Waals surface area contributed by atoms with E-state index in [2.05, 4.69) is 10.6 Å². The highest BCUT2D eigenvalue weighted by Gasteiger charge is 2.12. The molecule has 0 radical (unpaired) electrons. The van der Waals surface area contributed by atoms with E-state index in [4.69, 9.17) is 4.55 Å². The Kier molecular flexibility index (Phi) is 4.75. The maximum Gasteiger partial charge on any atom is 0.152 e. The quantitative estimate of drug-likeness (QED) is 0.408. The smallest absolute Gasteiger partial charge is 0.152 e. The molecule has 5 heteroatoms. The summed E-state index contributed by atoms with van der Waals surface area (Å²) in [7, 11) is 0. The summed E-state index contributed by atoms with van der Waals surface area (Å²) in [6.45, 7) is 2.96. The van der Waals surface area contributed by atoms with Crippen LogP contribution in [0.2, 0.25) is 0 Å². The van der Waals surface area contributed by atoms with Crippen molar-refractivity contribution in [2.24, 2.45) is 0 Å². The van der Waals surface area contributed by atoms with Crippen molar-refractivity contribution in [3.8, 4) is 0 Å². The maximum absolute atomic E-state index is 10.3. The summed E-state index contributed by atoms with van der Waals surface area (Å²) in [5.74, 6) is 0.382. The van der Waals surface area contributed by atoms with Crippen LogP contribution in [0.1, 0.15) is 12.8 Å². The number of hydrogen-bond donors (Lipinski definition) is 3. The monoisotopic (exact) mass is 192 g/mol. The second-order valence-electron chi connectivity index (χ2n) is 3.02. The van der Waals surface area contributed by atoms with Crippen LogP contribution in [-0.4, -0.2) is 40.2 Å². The van der Waals surface area contributed by atoms with E-state index in [9.17, 15) is 4.21 Å². The largest absolute Gasteiger partial charge is 0.315 e. The number of nitrogens with one attached hydrogen (secondary N) is 2. The molecular formula is C7H16N2O2S. The zero-order valence-electron chi connectivity index (χ0n) is 7.08. The molecule has 1 aliphatic heterocycles. The summed E-state index contributed by atoms with van der Waals surface area (Å²) in [6, 6.07) is 0.567. The predicted octanol–water partition coefficient (Wildman–Crippen LogP) is -0.450. The van der Waals surface area contributed by atoms with Crippen LogP contribution in [0.4, 0.5) is 0 Å². The molecule has 2 unspecified atom stereocenters. The average Bonchev–Trinajstić information content (AvgIpc) is 2.49. The maximum atomic E-state index is 10.3. The van der Waals surface area contributed by atoms with Gasteiger partial charge in [0, 0.05) is 12.6 Å². The molecule has 0 amide bonds. The van der Waals surface area contributed by atoms with Crippen LogP contribution < -0.4 is 10.6 Å². The lowest BCUT2D eigenvalue weighted by atomic mass is 10.2. The van der Waals surface area contributed by atoms with Crippen molar-refractivity contribution in [3.63, 3.8) is 0 Å². The topological polar surface area (TPSA) is 61.4 Å². The molecule has 1 heterocycles. The van der Waals surface area contributed by atoms with Crippen LogP contribution in [0, 0.1) is 0 Å². The van der Waals surface area contributed by atoms with Gasteiger partial charge in [0.1, 0.15) is 0 Å². The van der Waals surface area contributed by atoms with E-state index >= 15 is 0 Å². The normalized spacial score (nSPS) is 25.9. The lowest BCUT2D eigenvalue weighted by molar-refractivity contribution is 0.533. The molecule has 0 aromatic rings. The molecule has 0 spiro atoms. The molecule has 12 heavy (non-hydrogen) atoms. The number of rotatable bonds is 5. The third-order valence-electron chi connectivity index (χ3n) is 1.99. The third-order valence-corrected chi connectivity index (χ3v) is 2.63. The Hall–Kier alpha value is 0.0300. The Morgan fingerprint density at radius 2 is 2.50 bits per heavy atom. The van der Waals surface area contributed by atoms with Crippen molar-refractivity contribution >= 4 is 11.1 Å². The SMILES string of the molecule is O=S(O)CCCNC1CCNC1. The lowest BCUT2D eigenvalue weighted by Gasteiger charge is -2.09. The Morgan fingerprint density at radius 3 is 3.08 bits per heavy atom. The fourth-order valence-electron chi connectivity index (χ4n) is 1.33. The molecule has 72 valence electrons. The summed E-state index contributed by atoms with van der Waals surface area (Å²) in [5.41, 5.74) is 0. The first-order valence-corrected chi connectivity index (χ1v) is 5.58. The standard InChI is InChI=1S/C7H16N2O2S/c10-12(11)5-1-3-9-7-2-4-8-6-7/h7-9H,1-6H2,(H,10,11). The average molecular weight is 192 g/mol. The van der Waals surface area contributed by atoms with Crippen molar-refractivity contribution < 1.29 is 8.76 Å². The van der Waals surface area contributed by atoms with Gasteiger partial charge in [-0.1, -0.05) is 0 Å². The van der Waals surface area contributed by atoms with Gasteiger partial charge in [-0.2, -0.15) is 0 Å². The fourth-order valence-corrected chi connectivity index (χ4v) is 1.72. The van der Waals surface area contributed by atoms with Gasteiger partial charge < -0.3 is 15.2 Å². The van der Waals surface area contributed by atoms with Gasteiger partial charge in [-0.3, -0.25) is 0 Å². The van der Waals surface area contributed by atoms with Crippen molar-refractivity contribution in [2.45, 2.75) is 18.9 Å². The molecule has 1 rings (SSSR count). The van der Waals surface area contributed by atoms with Gasteiger partial charge in [0.25, 0.3) is 0 Å². The minimum atomic E-state index is -1.62. The molecule has 0 aromatic heterocycles. The molecule has 4 nitrogen and oxygen atoms in total. The third kappa shape index (κ3) is 4.15. The van der Waals surface area contributed by atoms with E-state index in [-0.39, 0.29) is 0 Å². The zero-order valence-corrected chi connectivity index (χ0v) is 7.90. The Bertz CT molecular complexity index is 148. The number of hydrogen-bond acceptors (Lipinski definition) is 3. The molecule has 1 fully saturated rings. The van der Waals surface area contributed by atoms with Crippen LogP contribution in [0.3, 0.4) is 0 Å². The van der Waals surface area contributed by atoms with Crippen LogP contribution in [0.25, 0.3) is 0 Å². The Morgan fingerprint density at radius 1 is 1.67 bits per heavy atom. The Balaban J connectivity index is 1.91. The first-order valence-electron chi connectivity index (χ1n) is 4.30. The minimum absolute atomic E-state index is 0.382. The fraction of sp³-hybridized carbons (Fsp3) is 1.00. The van der Waals surface area contributed by atoms with E-state index in [0.29, 0.717) is 11.8 Å². The first kappa shape index (κ1) is 10.1. The molecule has 0 bridgehead atoms. The molecule has 2 atom stereocenters. The highest BCUT2D eigenvalue weighted by molar-refractivity contribution is 7.79. The summed E-state index contributed by atoms with van der Waals surface area (Å²) >= 11 is -1.62. The van der Waals surface area contributed by atoms with Crippen LogP contribution >= 0.6 is 0 Å². The predicted molar refractivity (Wildman–Crippen MR) is 49.5 cm³/mol. The van der Waals surface area contributed by atoms with E-state index < -0.39 is 11.1 Å². The van der Waals surface area contributed by atoms with Gasteiger partial charge >= 0.3 is 0 Å². The molecule has 1 saturated heterocycles. The van der Waals surface area contributed by atoms with Gasteiger partial charge in [-0.15, -0.1) is 0 Å². The summed E-state index contributed by atoms with van der Waals surface area (Å²) < 4.78 is 18.7. The molecule has 0 saturated carbocycles. The second kappa shape index (κ2) is 5.64. The van der Waals surface area contributed by atoms with Gasteiger partial charge in [0.2, 0.25) is 0 Å². The first-order chi connectivity index (χ1) is 5.79. The van der Waals surface area contributed by atoms with Crippen molar-refractivity contribution in [2.75, 3.05) is 25.4 Å². The highest BCUT2D eigenvalue weighted by atomic mass is 32.2. The molecule has 0 aliphatic carbocycles. The Labute approximate surface area is 75.4 Å². The molecule has 3 N–H and O–H groups in total. The lowest BCUT2D eigenvalue weighted by Crippen LogP contribution is -2.32. The van der Waals surface area contributed by atoms with Gasteiger partial charge in [-0.05, 0) is 25.9 Å². The van der Waals surface area contributed by atoms with E-state index in [1.807, 2.05) is 0 Å². The van der Waals surface area contributed by atoms with Gasteiger partial charge in [0.15, 0.2) is 11.1 Å². The molecule has 0 aromatic carbocycles. The van der Waals surface area contributed by atoms with E-state index in [1.54, 1.807) is 0 Å².